The lowest BCUT2D eigenvalue weighted by Gasteiger charge is -2.07. The topological polar surface area (TPSA) is 20.7 Å². The summed E-state index contributed by atoms with van der Waals surface area (Å²) in [7, 11) is 0. The van der Waals surface area contributed by atoms with Crippen LogP contribution in [0.3, 0.4) is 0 Å². The van der Waals surface area contributed by atoms with Gasteiger partial charge in [0.15, 0.2) is 4.77 Å². The highest BCUT2D eigenvalue weighted by Crippen LogP contribution is 2.32. The van der Waals surface area contributed by atoms with E-state index >= 15 is 0 Å². The predicted octanol–water partition coefficient (Wildman–Crippen LogP) is 5.47. The van der Waals surface area contributed by atoms with E-state index in [1.54, 1.807) is 4.57 Å². The summed E-state index contributed by atoms with van der Waals surface area (Å²) in [5.74, 6) is 0. The highest BCUT2D eigenvalue weighted by atomic mass is 79.9. The molecule has 1 N–H and O–H groups in total. The molecule has 0 aliphatic heterocycles. The van der Waals surface area contributed by atoms with Gasteiger partial charge in [0.25, 0.3) is 0 Å². The maximum absolute atomic E-state index is 12.7. The average Bonchev–Trinajstić information content (AvgIpc) is 2.74. The molecule has 1 heterocycles. The van der Waals surface area contributed by atoms with E-state index in [2.05, 4.69) is 20.9 Å². The van der Waals surface area contributed by atoms with Crippen LogP contribution in [0.15, 0.2) is 46.9 Å². The minimum Gasteiger partial charge on any atom is -0.330 e. The second-order valence-electron chi connectivity index (χ2n) is 4.47. The van der Waals surface area contributed by atoms with Crippen molar-refractivity contribution < 1.29 is 13.2 Å². The molecule has 1 aromatic heterocycles. The first kappa shape index (κ1) is 14.3. The van der Waals surface area contributed by atoms with Crippen LogP contribution in [0.5, 0.6) is 0 Å². The zero-order valence-corrected chi connectivity index (χ0v) is 12.8. The Morgan fingerprint density at radius 3 is 2.33 bits per heavy atom. The van der Waals surface area contributed by atoms with Crippen molar-refractivity contribution in [3.05, 3.63) is 57.3 Å². The SMILES string of the molecule is FC(F)(F)c1ccc2c(c1)[nH]c(=S)n2-c1ccc(Br)cc1. The van der Waals surface area contributed by atoms with Gasteiger partial charge in [0, 0.05) is 10.2 Å². The van der Waals surface area contributed by atoms with Gasteiger partial charge in [-0.1, -0.05) is 15.9 Å². The second-order valence-corrected chi connectivity index (χ2v) is 5.77. The van der Waals surface area contributed by atoms with Gasteiger partial charge in [-0.2, -0.15) is 13.2 Å². The summed E-state index contributed by atoms with van der Waals surface area (Å²) in [5, 5.41) is 0. The Kier molecular flexibility index (Phi) is 3.41. The third-order valence-corrected chi connectivity index (χ3v) is 3.91. The number of halogens is 4. The number of fused-ring (bicyclic) bond motifs is 1. The number of aromatic amines is 1. The monoisotopic (exact) mass is 372 g/mol. The fourth-order valence-electron chi connectivity index (χ4n) is 2.13. The van der Waals surface area contributed by atoms with E-state index in [1.807, 2.05) is 24.3 Å². The van der Waals surface area contributed by atoms with Gasteiger partial charge < -0.3 is 4.98 Å². The number of nitrogens with zero attached hydrogens (tertiary/aromatic N) is 1. The molecule has 0 fully saturated rings. The standard InChI is InChI=1S/C14H8BrF3N2S/c15-9-2-4-10(5-3-9)20-12-6-1-8(14(16,17)18)7-11(12)19-13(20)21/h1-7H,(H,19,21). The molecule has 0 saturated heterocycles. The van der Waals surface area contributed by atoms with E-state index in [4.69, 9.17) is 12.2 Å². The zero-order chi connectivity index (χ0) is 15.2. The summed E-state index contributed by atoms with van der Waals surface area (Å²) in [4.78, 5) is 2.82. The van der Waals surface area contributed by atoms with Gasteiger partial charge in [-0.25, -0.2) is 0 Å². The minimum atomic E-state index is -4.37. The van der Waals surface area contributed by atoms with E-state index in [9.17, 15) is 13.2 Å². The fourth-order valence-corrected chi connectivity index (χ4v) is 2.71. The number of alkyl halides is 3. The Hall–Kier alpha value is -1.60. The van der Waals surface area contributed by atoms with Crippen molar-refractivity contribution in [2.45, 2.75) is 6.18 Å². The van der Waals surface area contributed by atoms with E-state index in [0.717, 1.165) is 22.3 Å². The van der Waals surface area contributed by atoms with Crippen molar-refractivity contribution in [1.82, 2.24) is 9.55 Å². The van der Waals surface area contributed by atoms with Crippen LogP contribution in [0.4, 0.5) is 13.2 Å². The molecule has 0 aliphatic rings. The molecule has 0 unspecified atom stereocenters. The van der Waals surface area contributed by atoms with Crippen LogP contribution in [0.1, 0.15) is 5.56 Å². The van der Waals surface area contributed by atoms with Gasteiger partial charge in [-0.05, 0) is 54.7 Å². The summed E-state index contributed by atoms with van der Waals surface area (Å²) in [6.07, 6.45) is -4.37. The number of benzene rings is 2. The van der Waals surface area contributed by atoms with E-state index < -0.39 is 11.7 Å². The van der Waals surface area contributed by atoms with Gasteiger partial charge in [-0.3, -0.25) is 4.57 Å². The quantitative estimate of drug-likeness (QED) is 0.561. The molecular weight excluding hydrogens is 365 g/mol. The summed E-state index contributed by atoms with van der Waals surface area (Å²) < 4.78 is 41.2. The predicted molar refractivity (Wildman–Crippen MR) is 81.2 cm³/mol. The Balaban J connectivity index is 2.23. The molecule has 0 atom stereocenters. The molecule has 7 heteroatoms. The Labute approximate surface area is 131 Å². The number of hydrogen-bond acceptors (Lipinski definition) is 1. The highest BCUT2D eigenvalue weighted by Gasteiger charge is 2.30. The number of rotatable bonds is 1. The fraction of sp³-hybridized carbons (Fsp3) is 0.0714. The van der Waals surface area contributed by atoms with Gasteiger partial charge in [0.05, 0.1) is 16.6 Å². The smallest absolute Gasteiger partial charge is 0.330 e. The van der Waals surface area contributed by atoms with Gasteiger partial charge in [0.2, 0.25) is 0 Å². The van der Waals surface area contributed by atoms with Crippen LogP contribution < -0.4 is 0 Å². The van der Waals surface area contributed by atoms with Crippen molar-refractivity contribution in [3.8, 4) is 5.69 Å². The Bertz CT molecular complexity index is 863. The summed E-state index contributed by atoms with van der Waals surface area (Å²) >= 11 is 8.56. The molecular formula is C14H8BrF3N2S. The van der Waals surface area contributed by atoms with Crippen molar-refractivity contribution in [1.29, 1.82) is 0 Å². The van der Waals surface area contributed by atoms with Crippen LogP contribution in [-0.4, -0.2) is 9.55 Å². The van der Waals surface area contributed by atoms with Crippen LogP contribution in [0, 0.1) is 4.77 Å². The molecule has 0 spiro atoms. The highest BCUT2D eigenvalue weighted by molar-refractivity contribution is 9.10. The first-order valence-electron chi connectivity index (χ1n) is 5.94. The molecule has 2 aromatic carbocycles. The molecule has 2 nitrogen and oxygen atoms in total. The number of aromatic nitrogens is 2. The van der Waals surface area contributed by atoms with Crippen molar-refractivity contribution in [2.24, 2.45) is 0 Å². The summed E-state index contributed by atoms with van der Waals surface area (Å²) in [6, 6.07) is 10.9. The normalized spacial score (nSPS) is 12.0. The third kappa shape index (κ3) is 2.63. The lowest BCUT2D eigenvalue weighted by Crippen LogP contribution is -2.04. The second kappa shape index (κ2) is 4.99. The number of H-pyrrole nitrogens is 1. The van der Waals surface area contributed by atoms with Gasteiger partial charge in [0.1, 0.15) is 0 Å². The minimum absolute atomic E-state index is 0.353. The lowest BCUT2D eigenvalue weighted by molar-refractivity contribution is -0.137. The van der Waals surface area contributed by atoms with Crippen LogP contribution in [-0.2, 0) is 6.18 Å². The first-order valence-corrected chi connectivity index (χ1v) is 7.14. The van der Waals surface area contributed by atoms with E-state index in [-0.39, 0.29) is 0 Å². The van der Waals surface area contributed by atoms with Crippen LogP contribution in [0.25, 0.3) is 16.7 Å². The van der Waals surface area contributed by atoms with Crippen LogP contribution in [0.2, 0.25) is 0 Å². The number of imidazole rings is 1. The molecule has 3 rings (SSSR count). The third-order valence-electron chi connectivity index (χ3n) is 3.09. The zero-order valence-electron chi connectivity index (χ0n) is 10.4. The van der Waals surface area contributed by atoms with E-state index in [1.165, 1.54) is 6.07 Å². The summed E-state index contributed by atoms with van der Waals surface area (Å²) in [6.45, 7) is 0. The first-order chi connectivity index (χ1) is 9.86. The van der Waals surface area contributed by atoms with Crippen LogP contribution >= 0.6 is 28.1 Å². The lowest BCUT2D eigenvalue weighted by atomic mass is 10.2. The largest absolute Gasteiger partial charge is 0.416 e. The van der Waals surface area contributed by atoms with Gasteiger partial charge >= 0.3 is 6.18 Å². The van der Waals surface area contributed by atoms with Crippen molar-refractivity contribution in [2.75, 3.05) is 0 Å². The maximum atomic E-state index is 12.7. The summed E-state index contributed by atoms with van der Waals surface area (Å²) in [5.41, 5.74) is 1.05. The molecule has 3 aromatic rings. The molecule has 0 amide bonds. The Morgan fingerprint density at radius 1 is 1.05 bits per heavy atom. The molecule has 0 radical (unpaired) electrons. The molecule has 0 saturated carbocycles. The van der Waals surface area contributed by atoms with Crippen molar-refractivity contribution >= 4 is 39.2 Å². The van der Waals surface area contributed by atoms with Crippen molar-refractivity contribution in [3.63, 3.8) is 0 Å². The number of hydrogen-bond donors (Lipinski definition) is 1. The Morgan fingerprint density at radius 2 is 1.71 bits per heavy atom. The van der Waals surface area contributed by atoms with Gasteiger partial charge in [-0.15, -0.1) is 0 Å². The molecule has 21 heavy (non-hydrogen) atoms. The average molecular weight is 373 g/mol. The molecule has 108 valence electrons. The maximum Gasteiger partial charge on any atom is 0.416 e. The molecule has 0 bridgehead atoms. The number of nitrogens with one attached hydrogen (secondary N) is 1. The van der Waals surface area contributed by atoms with E-state index in [0.29, 0.717) is 15.8 Å². The molecule has 0 aliphatic carbocycles.